The molecule has 1 saturated heterocycles. The molecular weight excluding hydrogens is 460 g/mol. The molecule has 0 bridgehead atoms. The summed E-state index contributed by atoms with van der Waals surface area (Å²) in [4.78, 5) is 30.7. The first-order valence-electron chi connectivity index (χ1n) is 12.7. The summed E-state index contributed by atoms with van der Waals surface area (Å²) >= 11 is 0. The number of nitrogens with zero attached hydrogens (tertiary/aromatic N) is 5. The topological polar surface area (TPSA) is 115 Å². The second kappa shape index (κ2) is 11.3. The second-order valence-corrected chi connectivity index (χ2v) is 9.92. The zero-order chi connectivity index (χ0) is 25.8. The highest BCUT2D eigenvalue weighted by molar-refractivity contribution is 5.82. The lowest BCUT2D eigenvalue weighted by Gasteiger charge is -2.34. The zero-order valence-corrected chi connectivity index (χ0v) is 21.8. The first-order valence-corrected chi connectivity index (χ1v) is 12.7. The van der Waals surface area contributed by atoms with Gasteiger partial charge in [0.25, 0.3) is 5.56 Å². The molecule has 194 valence electrons. The van der Waals surface area contributed by atoms with E-state index in [0.29, 0.717) is 31.1 Å². The van der Waals surface area contributed by atoms with Crippen LogP contribution in [0, 0.1) is 19.8 Å². The Labute approximate surface area is 211 Å². The van der Waals surface area contributed by atoms with Crippen molar-refractivity contribution in [3.63, 3.8) is 0 Å². The molecule has 0 amide bonds. The molecule has 36 heavy (non-hydrogen) atoms. The number of carbonyl (C=O) groups is 1. The van der Waals surface area contributed by atoms with Gasteiger partial charge in [0.1, 0.15) is 6.54 Å². The molecular formula is C26H36N6O4. The molecule has 3 aromatic rings. The van der Waals surface area contributed by atoms with E-state index in [4.69, 9.17) is 9.47 Å². The lowest BCUT2D eigenvalue weighted by molar-refractivity contribution is -0.144. The number of fused-ring (bicyclic) bond motifs is 1. The number of H-pyrrole nitrogens is 1. The van der Waals surface area contributed by atoms with Crippen molar-refractivity contribution in [2.45, 2.75) is 72.7 Å². The van der Waals surface area contributed by atoms with E-state index in [9.17, 15) is 9.59 Å². The van der Waals surface area contributed by atoms with Gasteiger partial charge in [-0.05, 0) is 73.0 Å². The van der Waals surface area contributed by atoms with Gasteiger partial charge in [-0.3, -0.25) is 14.5 Å². The molecule has 0 aliphatic carbocycles. The summed E-state index contributed by atoms with van der Waals surface area (Å²) in [6.45, 7) is 12.0. The second-order valence-electron chi connectivity index (χ2n) is 9.92. The molecule has 1 aliphatic rings. The fraction of sp³-hybridized carbons (Fsp3) is 0.577. The van der Waals surface area contributed by atoms with Crippen molar-refractivity contribution < 1.29 is 14.3 Å². The predicted octanol–water partition coefficient (Wildman–Crippen LogP) is 3.07. The summed E-state index contributed by atoms with van der Waals surface area (Å²) in [6.07, 6.45) is 2.03. The molecule has 0 unspecified atom stereocenters. The number of aromatic amines is 1. The highest BCUT2D eigenvalue weighted by atomic mass is 16.5. The van der Waals surface area contributed by atoms with Crippen molar-refractivity contribution in [2.24, 2.45) is 5.92 Å². The molecule has 1 N–H and O–H groups in total. The molecule has 3 heterocycles. The van der Waals surface area contributed by atoms with E-state index in [-0.39, 0.29) is 30.2 Å². The lowest BCUT2D eigenvalue weighted by atomic mass is 9.99. The van der Waals surface area contributed by atoms with Crippen LogP contribution in [0.3, 0.4) is 0 Å². The predicted molar refractivity (Wildman–Crippen MR) is 135 cm³/mol. The van der Waals surface area contributed by atoms with E-state index in [2.05, 4.69) is 58.3 Å². The van der Waals surface area contributed by atoms with Crippen molar-refractivity contribution in [1.82, 2.24) is 30.1 Å². The van der Waals surface area contributed by atoms with Gasteiger partial charge in [-0.1, -0.05) is 25.5 Å². The minimum absolute atomic E-state index is 0.0599. The van der Waals surface area contributed by atoms with Crippen LogP contribution in [0.25, 0.3) is 10.9 Å². The van der Waals surface area contributed by atoms with Crippen molar-refractivity contribution in [2.75, 3.05) is 19.8 Å². The van der Waals surface area contributed by atoms with Gasteiger partial charge in [-0.2, -0.15) is 0 Å². The standard InChI is InChI=1S/C26H36N6O4/c1-6-35-22(33)15-32-25(28-29-30-32)24(16(2)3)31(14-21-8-7-9-36-21)13-20-12-19-11-17(4)10-18(5)23(19)27-26(20)34/h10-12,16,21,24H,6-9,13-15H2,1-5H3,(H,27,34)/t21-,24-/m1/s1. The van der Waals surface area contributed by atoms with Gasteiger partial charge in [-0.25, -0.2) is 4.68 Å². The molecule has 10 nitrogen and oxygen atoms in total. The minimum Gasteiger partial charge on any atom is -0.465 e. The molecule has 2 atom stereocenters. The number of benzene rings is 1. The molecule has 4 rings (SSSR count). The number of aromatic nitrogens is 5. The van der Waals surface area contributed by atoms with Gasteiger partial charge in [0.2, 0.25) is 0 Å². The third kappa shape index (κ3) is 5.82. The number of hydrogen-bond acceptors (Lipinski definition) is 8. The Morgan fingerprint density at radius 3 is 2.81 bits per heavy atom. The third-order valence-corrected chi connectivity index (χ3v) is 6.64. The number of nitrogens with one attached hydrogen (secondary N) is 1. The third-order valence-electron chi connectivity index (χ3n) is 6.64. The largest absolute Gasteiger partial charge is 0.465 e. The van der Waals surface area contributed by atoms with Gasteiger partial charge < -0.3 is 14.5 Å². The Kier molecular flexibility index (Phi) is 8.15. The van der Waals surface area contributed by atoms with Crippen LogP contribution in [0.2, 0.25) is 0 Å². The molecule has 0 saturated carbocycles. The summed E-state index contributed by atoms with van der Waals surface area (Å²) in [7, 11) is 0. The van der Waals surface area contributed by atoms with Gasteiger partial charge in [-0.15, -0.1) is 5.10 Å². The van der Waals surface area contributed by atoms with Gasteiger partial charge in [0.05, 0.1) is 24.3 Å². The van der Waals surface area contributed by atoms with Crippen molar-refractivity contribution >= 4 is 16.9 Å². The van der Waals surface area contributed by atoms with Crippen molar-refractivity contribution in [1.29, 1.82) is 0 Å². The maximum atomic E-state index is 13.2. The van der Waals surface area contributed by atoms with Crippen LogP contribution < -0.4 is 5.56 Å². The molecule has 10 heteroatoms. The molecule has 1 aliphatic heterocycles. The molecule has 2 aromatic heterocycles. The first kappa shape index (κ1) is 26.0. The van der Waals surface area contributed by atoms with E-state index in [1.165, 1.54) is 4.68 Å². The van der Waals surface area contributed by atoms with Gasteiger partial charge >= 0.3 is 5.97 Å². The number of ether oxygens (including phenoxy) is 2. The average Bonchev–Trinajstić information content (AvgIpc) is 3.47. The average molecular weight is 497 g/mol. The van der Waals surface area contributed by atoms with Crippen LogP contribution >= 0.6 is 0 Å². The molecule has 0 radical (unpaired) electrons. The summed E-state index contributed by atoms with van der Waals surface area (Å²) < 4.78 is 12.6. The van der Waals surface area contributed by atoms with Crippen molar-refractivity contribution in [3.8, 4) is 0 Å². The maximum Gasteiger partial charge on any atom is 0.327 e. The summed E-state index contributed by atoms with van der Waals surface area (Å²) in [6, 6.07) is 5.90. The Morgan fingerprint density at radius 1 is 1.31 bits per heavy atom. The van der Waals surface area contributed by atoms with Crippen LogP contribution in [0.15, 0.2) is 23.0 Å². The number of tetrazole rings is 1. The number of hydrogen-bond donors (Lipinski definition) is 1. The summed E-state index contributed by atoms with van der Waals surface area (Å²) in [5, 5.41) is 13.3. The first-order chi connectivity index (χ1) is 17.3. The number of aryl methyl sites for hydroxylation is 2. The quantitative estimate of drug-likeness (QED) is 0.426. The number of rotatable bonds is 10. The van der Waals surface area contributed by atoms with Crippen LogP contribution in [-0.4, -0.2) is 61.9 Å². The van der Waals surface area contributed by atoms with Crippen LogP contribution in [0.5, 0.6) is 0 Å². The van der Waals surface area contributed by atoms with Crippen LogP contribution in [0.1, 0.15) is 62.2 Å². The Bertz CT molecular complexity index is 1260. The van der Waals surface area contributed by atoms with E-state index >= 15 is 0 Å². The van der Waals surface area contributed by atoms with E-state index in [1.54, 1.807) is 6.92 Å². The van der Waals surface area contributed by atoms with Crippen molar-refractivity contribution in [3.05, 3.63) is 51.1 Å². The Hall–Kier alpha value is -3.11. The SMILES string of the molecule is CCOC(=O)Cn1nnnc1[C@@H](C(C)C)N(Cc1cc2cc(C)cc(C)c2[nH]c1=O)C[C@H]1CCCO1. The fourth-order valence-corrected chi connectivity index (χ4v) is 5.14. The molecule has 0 spiro atoms. The smallest absolute Gasteiger partial charge is 0.327 e. The van der Waals surface area contributed by atoms with E-state index in [0.717, 1.165) is 41.5 Å². The summed E-state index contributed by atoms with van der Waals surface area (Å²) in [5.41, 5.74) is 3.61. The Balaban J connectivity index is 1.72. The van der Waals surface area contributed by atoms with Gasteiger partial charge in [0, 0.05) is 25.3 Å². The molecule has 1 fully saturated rings. The lowest BCUT2D eigenvalue weighted by Crippen LogP contribution is -2.40. The zero-order valence-electron chi connectivity index (χ0n) is 21.8. The maximum absolute atomic E-state index is 13.2. The van der Waals surface area contributed by atoms with Crippen LogP contribution in [-0.2, 0) is 27.4 Å². The Morgan fingerprint density at radius 2 is 2.11 bits per heavy atom. The highest BCUT2D eigenvalue weighted by Crippen LogP contribution is 2.30. The summed E-state index contributed by atoms with van der Waals surface area (Å²) in [5.74, 6) is 0.276. The van der Waals surface area contributed by atoms with Crippen LogP contribution in [0.4, 0.5) is 0 Å². The van der Waals surface area contributed by atoms with E-state index < -0.39 is 5.97 Å². The highest BCUT2D eigenvalue weighted by Gasteiger charge is 2.33. The normalized spacial score (nSPS) is 16.8. The van der Waals surface area contributed by atoms with E-state index in [1.807, 2.05) is 13.0 Å². The molecule has 1 aromatic carbocycles. The minimum atomic E-state index is -0.393. The number of carbonyl (C=O) groups excluding carboxylic acids is 1. The number of esters is 1. The van der Waals surface area contributed by atoms with Gasteiger partial charge in [0.15, 0.2) is 5.82 Å². The number of pyridine rings is 1. The monoisotopic (exact) mass is 496 g/mol. The fourth-order valence-electron chi connectivity index (χ4n) is 5.14.